The molecule has 4 heteroatoms. The second kappa shape index (κ2) is 5.32. The molecule has 2 atom stereocenters. The van der Waals surface area contributed by atoms with Crippen LogP contribution in [0.15, 0.2) is 0 Å². The van der Waals surface area contributed by atoms with Gasteiger partial charge < -0.3 is 10.2 Å². The fraction of sp³-hybridized carbons (Fsp3) is 0.917. The Bertz CT molecular complexity index is 246. The molecule has 2 N–H and O–H groups in total. The van der Waals surface area contributed by atoms with Gasteiger partial charge in [-0.15, -0.1) is 0 Å². The van der Waals surface area contributed by atoms with Gasteiger partial charge in [0, 0.05) is 0 Å². The molecular weight excluding hydrogens is 218 g/mol. The van der Waals surface area contributed by atoms with E-state index in [1.165, 1.54) is 0 Å². The van der Waals surface area contributed by atoms with E-state index in [-0.39, 0.29) is 16.9 Å². The molecule has 0 fully saturated rings. The Morgan fingerprint density at radius 2 is 1.81 bits per heavy atom. The monoisotopic (exact) mass is 245 g/mol. The highest BCUT2D eigenvalue weighted by atomic mass is 28.4. The molecule has 0 bridgehead atoms. The Balaban J connectivity index is 4.83. The first-order valence-corrected chi connectivity index (χ1v) is 8.91. The van der Waals surface area contributed by atoms with Gasteiger partial charge in [-0.05, 0) is 24.1 Å². The minimum atomic E-state index is -1.91. The highest BCUT2D eigenvalue weighted by molar-refractivity contribution is 6.74. The molecule has 0 saturated heterocycles. The van der Waals surface area contributed by atoms with Crippen molar-refractivity contribution in [2.45, 2.75) is 65.3 Å². The van der Waals surface area contributed by atoms with Gasteiger partial charge in [-0.3, -0.25) is 4.79 Å². The van der Waals surface area contributed by atoms with E-state index < -0.39 is 14.4 Å². The number of primary amides is 1. The molecule has 0 aliphatic heterocycles. The van der Waals surface area contributed by atoms with Gasteiger partial charge in [0.2, 0.25) is 5.91 Å². The van der Waals surface area contributed by atoms with E-state index in [1.54, 1.807) is 0 Å². The zero-order valence-corrected chi connectivity index (χ0v) is 12.8. The molecule has 0 aromatic rings. The number of carbonyl (C=O) groups is 1. The Morgan fingerprint density at radius 3 is 2.06 bits per heavy atom. The maximum absolute atomic E-state index is 11.4. The third-order valence-electron chi connectivity index (χ3n) is 3.67. The van der Waals surface area contributed by atoms with Gasteiger partial charge in [-0.25, -0.2) is 0 Å². The topological polar surface area (TPSA) is 52.3 Å². The van der Waals surface area contributed by atoms with Crippen LogP contribution in [0, 0.1) is 5.92 Å². The summed E-state index contributed by atoms with van der Waals surface area (Å²) in [6.45, 7) is 14.8. The average molecular weight is 245 g/mol. The van der Waals surface area contributed by atoms with E-state index in [1.807, 2.05) is 6.92 Å². The Kier molecular flexibility index (Phi) is 5.20. The van der Waals surface area contributed by atoms with Gasteiger partial charge in [0.05, 0.1) is 0 Å². The molecule has 0 aliphatic rings. The van der Waals surface area contributed by atoms with Crippen molar-refractivity contribution in [3.05, 3.63) is 0 Å². The summed E-state index contributed by atoms with van der Waals surface area (Å²) in [4.78, 5) is 11.4. The zero-order valence-electron chi connectivity index (χ0n) is 11.8. The van der Waals surface area contributed by atoms with Gasteiger partial charge in [-0.1, -0.05) is 41.0 Å². The second-order valence-electron chi connectivity index (χ2n) is 6.09. The predicted molar refractivity (Wildman–Crippen MR) is 70.7 cm³/mol. The lowest BCUT2D eigenvalue weighted by Crippen LogP contribution is -2.49. The van der Waals surface area contributed by atoms with Gasteiger partial charge in [0.15, 0.2) is 8.32 Å². The average Bonchev–Trinajstić information content (AvgIpc) is 2.10. The number of hydrogen-bond donors (Lipinski definition) is 1. The largest absolute Gasteiger partial charge is 0.405 e. The first-order valence-electron chi connectivity index (χ1n) is 6.00. The van der Waals surface area contributed by atoms with Crippen molar-refractivity contribution in [3.8, 4) is 0 Å². The van der Waals surface area contributed by atoms with Crippen LogP contribution in [0.5, 0.6) is 0 Å². The van der Waals surface area contributed by atoms with Crippen LogP contribution < -0.4 is 5.73 Å². The molecule has 0 aliphatic carbocycles. The van der Waals surface area contributed by atoms with E-state index in [9.17, 15) is 4.79 Å². The molecule has 3 nitrogen and oxygen atoms in total. The molecule has 0 saturated carbocycles. The number of hydrogen-bond acceptors (Lipinski definition) is 2. The molecule has 1 amide bonds. The lowest BCUT2D eigenvalue weighted by atomic mass is 10.0. The predicted octanol–water partition coefficient (Wildman–Crippen LogP) is 2.91. The first kappa shape index (κ1) is 15.6. The van der Waals surface area contributed by atoms with Crippen LogP contribution >= 0.6 is 0 Å². The van der Waals surface area contributed by atoms with Gasteiger partial charge in [-0.2, -0.15) is 0 Å². The Morgan fingerprint density at radius 1 is 1.38 bits per heavy atom. The number of nitrogens with two attached hydrogens (primary N) is 1. The second-order valence-corrected chi connectivity index (χ2v) is 10.8. The Hall–Kier alpha value is -0.353. The minimum Gasteiger partial charge on any atom is -0.405 e. The van der Waals surface area contributed by atoms with Crippen molar-refractivity contribution in [2.24, 2.45) is 11.7 Å². The van der Waals surface area contributed by atoms with E-state index in [2.05, 4.69) is 40.8 Å². The van der Waals surface area contributed by atoms with Crippen molar-refractivity contribution in [3.63, 3.8) is 0 Å². The van der Waals surface area contributed by atoms with E-state index in [0.29, 0.717) is 0 Å². The molecular formula is C12H27NO2Si. The van der Waals surface area contributed by atoms with E-state index in [0.717, 1.165) is 6.42 Å². The van der Waals surface area contributed by atoms with Crippen molar-refractivity contribution >= 4 is 14.2 Å². The minimum absolute atomic E-state index is 0.105. The normalized spacial score (nSPS) is 16.9. The van der Waals surface area contributed by atoms with Crippen LogP contribution in [0.2, 0.25) is 18.1 Å². The molecule has 0 spiro atoms. The van der Waals surface area contributed by atoms with Crippen LogP contribution in [0.25, 0.3) is 0 Å². The molecule has 0 rings (SSSR count). The van der Waals surface area contributed by atoms with E-state index in [4.69, 9.17) is 10.2 Å². The quantitative estimate of drug-likeness (QED) is 0.757. The summed E-state index contributed by atoms with van der Waals surface area (Å²) in [5.41, 5.74) is 5.42. The summed E-state index contributed by atoms with van der Waals surface area (Å²) in [5, 5.41) is 0.105. The molecule has 2 unspecified atom stereocenters. The van der Waals surface area contributed by atoms with Crippen molar-refractivity contribution in [2.75, 3.05) is 0 Å². The highest BCUT2D eigenvalue weighted by Crippen LogP contribution is 2.38. The van der Waals surface area contributed by atoms with Crippen LogP contribution in [-0.2, 0) is 9.22 Å². The number of amides is 1. The highest BCUT2D eigenvalue weighted by Gasteiger charge is 2.41. The zero-order chi connectivity index (χ0) is 13.1. The van der Waals surface area contributed by atoms with Crippen LogP contribution in [0.4, 0.5) is 0 Å². The van der Waals surface area contributed by atoms with Gasteiger partial charge >= 0.3 is 0 Å². The van der Waals surface area contributed by atoms with Crippen LogP contribution in [0.1, 0.15) is 41.0 Å². The maximum Gasteiger partial charge on any atom is 0.245 e. The molecule has 0 aromatic carbocycles. The third kappa shape index (κ3) is 3.90. The summed E-state index contributed by atoms with van der Waals surface area (Å²) in [6.07, 6.45) is 0.466. The fourth-order valence-corrected chi connectivity index (χ4v) is 2.50. The van der Waals surface area contributed by atoms with Crippen LogP contribution in [0.3, 0.4) is 0 Å². The molecule has 16 heavy (non-hydrogen) atoms. The summed E-state index contributed by atoms with van der Waals surface area (Å²) < 4.78 is 6.08. The van der Waals surface area contributed by atoms with Crippen molar-refractivity contribution < 1.29 is 9.22 Å². The summed E-state index contributed by atoms with van der Waals surface area (Å²) in [7, 11) is -1.91. The smallest absolute Gasteiger partial charge is 0.245 e. The number of rotatable bonds is 5. The first-order chi connectivity index (χ1) is 7.03. The van der Waals surface area contributed by atoms with Crippen molar-refractivity contribution in [1.82, 2.24) is 0 Å². The number of carbonyl (C=O) groups excluding carboxylic acids is 1. The van der Waals surface area contributed by atoms with Gasteiger partial charge in [0.25, 0.3) is 0 Å². The van der Waals surface area contributed by atoms with E-state index >= 15 is 0 Å². The lowest BCUT2D eigenvalue weighted by Gasteiger charge is -2.39. The third-order valence-corrected chi connectivity index (χ3v) is 8.12. The molecule has 0 aromatic heterocycles. The standard InChI is InChI=1S/C12H27NO2Si/c1-8-9(2)10(11(13)14)15-16(6,7)12(3,4)5/h9-10H,8H2,1-7H3,(H2,13,14). The fourth-order valence-electron chi connectivity index (χ4n) is 1.16. The summed E-state index contributed by atoms with van der Waals surface area (Å²) >= 11 is 0. The van der Waals surface area contributed by atoms with Crippen molar-refractivity contribution in [1.29, 1.82) is 0 Å². The lowest BCUT2D eigenvalue weighted by molar-refractivity contribution is -0.127. The summed E-state index contributed by atoms with van der Waals surface area (Å²) in [6, 6.07) is 0. The van der Waals surface area contributed by atoms with Crippen LogP contribution in [-0.4, -0.2) is 20.3 Å². The summed E-state index contributed by atoms with van der Waals surface area (Å²) in [5.74, 6) is -0.147. The SMILES string of the molecule is CCC(C)C(O[Si](C)(C)C(C)(C)C)C(N)=O. The van der Waals surface area contributed by atoms with Gasteiger partial charge in [0.1, 0.15) is 6.10 Å². The maximum atomic E-state index is 11.4. The molecule has 0 radical (unpaired) electrons. The molecule has 0 heterocycles. The molecule has 96 valence electrons. The Labute approximate surface area is 101 Å².